The molecule has 0 fully saturated rings. The van der Waals surface area contributed by atoms with Crippen LogP contribution in [0, 0.1) is 0 Å². The van der Waals surface area contributed by atoms with Gasteiger partial charge in [-0.05, 0) is 31.2 Å². The van der Waals surface area contributed by atoms with Crippen LogP contribution in [-0.2, 0) is 22.6 Å². The predicted octanol–water partition coefficient (Wildman–Crippen LogP) is 4.62. The lowest BCUT2D eigenvalue weighted by molar-refractivity contribution is -0.137. The van der Waals surface area contributed by atoms with Crippen LogP contribution in [0.5, 0.6) is 0 Å². The minimum atomic E-state index is -0.901. The number of aromatic nitrogens is 2. The van der Waals surface area contributed by atoms with Gasteiger partial charge in [0.05, 0.1) is 12.6 Å². The van der Waals surface area contributed by atoms with Crippen LogP contribution in [0.2, 0.25) is 0 Å². The molecule has 33 heavy (non-hydrogen) atoms. The van der Waals surface area contributed by atoms with Crippen LogP contribution in [0.1, 0.15) is 89.0 Å². The molecule has 0 radical (unpaired) electrons. The smallest absolute Gasteiger partial charge is 0.303 e. The molecule has 4 N–H and O–H groups in total. The van der Waals surface area contributed by atoms with E-state index in [-0.39, 0.29) is 18.9 Å². The largest absolute Gasteiger partial charge is 0.481 e. The number of carboxylic acid groups (broad SMARTS) is 1. The average Bonchev–Trinajstić information content (AvgIpc) is 3.28. The minimum Gasteiger partial charge on any atom is -0.481 e. The molecule has 0 aliphatic heterocycles. The maximum atomic E-state index is 12.0. The van der Waals surface area contributed by atoms with E-state index in [1.54, 1.807) is 0 Å². The Morgan fingerprint density at radius 3 is 2.36 bits per heavy atom. The molecule has 8 heteroatoms. The Bertz CT molecular complexity index is 835. The van der Waals surface area contributed by atoms with Crippen LogP contribution in [0.15, 0.2) is 28.8 Å². The van der Waals surface area contributed by atoms with E-state index in [1.807, 2.05) is 12.1 Å². The van der Waals surface area contributed by atoms with Crippen LogP contribution in [0.25, 0.3) is 11.4 Å². The van der Waals surface area contributed by atoms with Gasteiger partial charge in [0.1, 0.15) is 0 Å². The van der Waals surface area contributed by atoms with Crippen molar-refractivity contribution < 1.29 is 19.2 Å². The summed E-state index contributed by atoms with van der Waals surface area (Å²) < 4.78 is 5.22. The number of carbonyl (C=O) groups is 2. The molecular formula is C25H38N4O4. The zero-order chi connectivity index (χ0) is 23.9. The van der Waals surface area contributed by atoms with Gasteiger partial charge in [-0.2, -0.15) is 4.98 Å². The fourth-order valence-corrected chi connectivity index (χ4v) is 3.63. The molecule has 0 spiro atoms. The number of aryl methyl sites for hydroxylation is 1. The van der Waals surface area contributed by atoms with Crippen molar-refractivity contribution in [3.63, 3.8) is 0 Å². The lowest BCUT2D eigenvalue weighted by Gasteiger charge is -2.10. The second kappa shape index (κ2) is 15.2. The monoisotopic (exact) mass is 458 g/mol. The number of nitrogens with one attached hydrogen (secondary N) is 1. The summed E-state index contributed by atoms with van der Waals surface area (Å²) in [6, 6.07) is 7.42. The fraction of sp³-hybridized carbons (Fsp3) is 0.600. The molecule has 0 bridgehead atoms. The highest BCUT2D eigenvalue weighted by Crippen LogP contribution is 2.18. The van der Waals surface area contributed by atoms with Gasteiger partial charge in [0, 0.05) is 12.0 Å². The van der Waals surface area contributed by atoms with E-state index in [4.69, 9.17) is 15.4 Å². The maximum absolute atomic E-state index is 12.0. The van der Waals surface area contributed by atoms with Gasteiger partial charge in [0.2, 0.25) is 17.6 Å². The van der Waals surface area contributed by atoms with Crippen molar-refractivity contribution in [3.8, 4) is 11.4 Å². The summed E-state index contributed by atoms with van der Waals surface area (Å²) in [7, 11) is 0. The van der Waals surface area contributed by atoms with E-state index in [0.717, 1.165) is 12.0 Å². The van der Waals surface area contributed by atoms with E-state index >= 15 is 0 Å². The molecule has 8 nitrogen and oxygen atoms in total. The van der Waals surface area contributed by atoms with Gasteiger partial charge in [-0.15, -0.1) is 0 Å². The van der Waals surface area contributed by atoms with Gasteiger partial charge in [-0.3, -0.25) is 9.59 Å². The number of carbonyl (C=O) groups excluding carboxylic acids is 1. The third-order valence-electron chi connectivity index (χ3n) is 5.66. The van der Waals surface area contributed by atoms with Crippen molar-refractivity contribution in [1.29, 1.82) is 0 Å². The highest BCUT2D eigenvalue weighted by Gasteiger charge is 2.15. The number of carboxylic acids is 1. The number of nitrogens with two attached hydrogens (primary N) is 1. The second-order valence-corrected chi connectivity index (χ2v) is 8.54. The molecule has 1 unspecified atom stereocenters. The number of aliphatic carboxylic acids is 1. The zero-order valence-corrected chi connectivity index (χ0v) is 19.7. The summed E-state index contributed by atoms with van der Waals surface area (Å²) in [6.07, 6.45) is 12.2. The lowest BCUT2D eigenvalue weighted by Crippen LogP contribution is -2.40. The maximum Gasteiger partial charge on any atom is 0.303 e. The number of hydrogen-bond donors (Lipinski definition) is 3. The molecule has 182 valence electrons. The molecule has 1 atom stereocenters. The summed E-state index contributed by atoms with van der Waals surface area (Å²) in [6.45, 7) is 2.32. The lowest BCUT2D eigenvalue weighted by atomic mass is 10.0. The fourth-order valence-electron chi connectivity index (χ4n) is 3.63. The molecule has 1 heterocycles. The van der Waals surface area contributed by atoms with Crippen molar-refractivity contribution in [2.75, 3.05) is 0 Å². The van der Waals surface area contributed by atoms with Gasteiger partial charge in [0.15, 0.2) is 0 Å². The van der Waals surface area contributed by atoms with Gasteiger partial charge in [-0.1, -0.05) is 81.3 Å². The number of benzene rings is 1. The summed E-state index contributed by atoms with van der Waals surface area (Å²) in [4.78, 5) is 26.9. The number of hydrogen-bond acceptors (Lipinski definition) is 6. The van der Waals surface area contributed by atoms with Crippen molar-refractivity contribution in [2.24, 2.45) is 5.73 Å². The van der Waals surface area contributed by atoms with Crippen LogP contribution in [0.3, 0.4) is 0 Å². The van der Waals surface area contributed by atoms with Crippen LogP contribution < -0.4 is 11.1 Å². The molecule has 1 amide bonds. The molecule has 0 aliphatic rings. The third kappa shape index (κ3) is 10.6. The third-order valence-corrected chi connectivity index (χ3v) is 5.66. The van der Waals surface area contributed by atoms with E-state index in [1.165, 1.54) is 56.9 Å². The first kappa shape index (κ1) is 26.5. The number of rotatable bonds is 17. The summed E-state index contributed by atoms with van der Waals surface area (Å²) in [5, 5.41) is 15.3. The van der Waals surface area contributed by atoms with E-state index in [9.17, 15) is 9.59 Å². The van der Waals surface area contributed by atoms with Gasteiger partial charge < -0.3 is 20.7 Å². The van der Waals surface area contributed by atoms with Gasteiger partial charge in [0.25, 0.3) is 0 Å². The molecule has 0 saturated heterocycles. The molecule has 1 aromatic heterocycles. The Labute approximate surface area is 196 Å². The van der Waals surface area contributed by atoms with Crippen LogP contribution in [-0.4, -0.2) is 33.2 Å². The average molecular weight is 459 g/mol. The Morgan fingerprint density at radius 1 is 1.03 bits per heavy atom. The topological polar surface area (TPSA) is 131 Å². The first-order chi connectivity index (χ1) is 16.0. The number of nitrogens with zero attached hydrogens (tertiary/aromatic N) is 2. The van der Waals surface area contributed by atoms with Gasteiger partial charge >= 0.3 is 5.97 Å². The first-order valence-corrected chi connectivity index (χ1v) is 12.2. The number of amides is 1. The van der Waals surface area contributed by atoms with E-state index in [0.29, 0.717) is 24.6 Å². The SMILES string of the molecule is CCCCCCCCCCc1ccc(-c2noc(CNC(=O)C(N)CCCC(=O)O)n2)cc1. The molecular weight excluding hydrogens is 420 g/mol. The van der Waals surface area contributed by atoms with E-state index in [2.05, 4.69) is 34.5 Å². The molecule has 0 saturated carbocycles. The molecule has 1 aromatic carbocycles. The highest BCUT2D eigenvalue weighted by molar-refractivity contribution is 5.81. The van der Waals surface area contributed by atoms with Gasteiger partial charge in [-0.25, -0.2) is 0 Å². The molecule has 2 rings (SSSR count). The minimum absolute atomic E-state index is 0.00802. The molecule has 2 aromatic rings. The standard InChI is InChI=1S/C25H38N4O4/c1-2-3-4-5-6-7-8-9-11-19-14-16-20(17-15-19)24-28-22(33-29-24)18-27-25(32)21(26)12-10-13-23(30)31/h14-17,21H,2-13,18,26H2,1H3,(H,27,32)(H,30,31). The highest BCUT2D eigenvalue weighted by atomic mass is 16.5. The summed E-state index contributed by atoms with van der Waals surface area (Å²) in [5.74, 6) is -0.504. The first-order valence-electron chi connectivity index (χ1n) is 12.2. The Morgan fingerprint density at radius 2 is 1.70 bits per heavy atom. The van der Waals surface area contributed by atoms with Crippen LogP contribution >= 0.6 is 0 Å². The Hall–Kier alpha value is -2.74. The molecule has 0 aliphatic carbocycles. The van der Waals surface area contributed by atoms with Crippen molar-refractivity contribution in [3.05, 3.63) is 35.7 Å². The quantitative estimate of drug-likeness (QED) is 0.295. The van der Waals surface area contributed by atoms with E-state index < -0.39 is 12.0 Å². The zero-order valence-electron chi connectivity index (χ0n) is 19.7. The van der Waals surface area contributed by atoms with Crippen molar-refractivity contribution >= 4 is 11.9 Å². The normalized spacial score (nSPS) is 11.9. The van der Waals surface area contributed by atoms with Crippen molar-refractivity contribution in [1.82, 2.24) is 15.5 Å². The second-order valence-electron chi connectivity index (χ2n) is 8.54. The predicted molar refractivity (Wildman–Crippen MR) is 127 cm³/mol. The Balaban J connectivity index is 1.69. The summed E-state index contributed by atoms with van der Waals surface area (Å²) >= 11 is 0. The number of unbranched alkanes of at least 4 members (excludes halogenated alkanes) is 7. The van der Waals surface area contributed by atoms with Crippen LogP contribution in [0.4, 0.5) is 0 Å². The van der Waals surface area contributed by atoms with Crippen molar-refractivity contribution in [2.45, 2.75) is 96.6 Å². The summed E-state index contributed by atoms with van der Waals surface area (Å²) in [5.41, 5.74) is 7.95. The Kier molecular flexibility index (Phi) is 12.2.